The molecule has 1 N–H and O–H groups in total. The molecule has 4 rings (SSSR count). The summed E-state index contributed by atoms with van der Waals surface area (Å²) >= 11 is 0. The normalized spacial score (nSPS) is 26.3. The molecule has 0 bridgehead atoms. The number of hydrogen-bond acceptors (Lipinski definition) is 2. The second-order valence-corrected chi connectivity index (χ2v) is 10.1. The molecule has 2 aromatic carbocycles. The number of halogens is 3. The molecule has 2 fully saturated rings. The molecule has 0 atom stereocenters. The Labute approximate surface area is 193 Å². The quantitative estimate of drug-likeness (QED) is 0.480. The van der Waals surface area contributed by atoms with Crippen molar-refractivity contribution in [2.75, 3.05) is 0 Å². The van der Waals surface area contributed by atoms with E-state index in [9.17, 15) is 18.0 Å². The summed E-state index contributed by atoms with van der Waals surface area (Å²) in [6.07, 6.45) is 3.59. The van der Waals surface area contributed by atoms with Crippen LogP contribution in [0, 0.1) is 17.8 Å². The predicted octanol–water partition coefficient (Wildman–Crippen LogP) is 7.64. The minimum atomic E-state index is -4.50. The van der Waals surface area contributed by atoms with Crippen molar-refractivity contribution in [1.29, 1.82) is 0 Å². The Bertz CT molecular complexity index is 968. The van der Waals surface area contributed by atoms with Gasteiger partial charge >= 0.3 is 12.1 Å². The van der Waals surface area contributed by atoms with Crippen molar-refractivity contribution >= 4 is 16.7 Å². The van der Waals surface area contributed by atoms with Crippen LogP contribution in [-0.4, -0.2) is 17.2 Å². The van der Waals surface area contributed by atoms with Gasteiger partial charge < -0.3 is 9.84 Å². The predicted molar refractivity (Wildman–Crippen MR) is 122 cm³/mol. The summed E-state index contributed by atoms with van der Waals surface area (Å²) in [6, 6.07) is 8.56. The smallest absolute Gasteiger partial charge is 0.420 e. The Hall–Kier alpha value is -2.24. The number of fused-ring (bicyclic) bond motifs is 1. The number of ether oxygens (including phenoxy) is 1. The first-order valence-electron chi connectivity index (χ1n) is 12.2. The summed E-state index contributed by atoms with van der Waals surface area (Å²) in [4.78, 5) is 11.1. The lowest BCUT2D eigenvalue weighted by atomic mass is 9.79. The number of aliphatic carboxylic acids is 1. The zero-order chi connectivity index (χ0) is 23.6. The number of aryl methyl sites for hydroxylation is 1. The van der Waals surface area contributed by atoms with Crippen molar-refractivity contribution < 1.29 is 27.8 Å². The van der Waals surface area contributed by atoms with E-state index < -0.39 is 17.7 Å². The van der Waals surface area contributed by atoms with Gasteiger partial charge in [0, 0.05) is 0 Å². The number of carboxylic acid groups (broad SMARTS) is 1. The SMILES string of the molecule is CC1CCC(Oc2ccc3ccc(CCC4CCC(C(=O)O)CC4)cc3c2C(F)(F)F)CC1. The van der Waals surface area contributed by atoms with Gasteiger partial charge in [0.05, 0.1) is 12.0 Å². The van der Waals surface area contributed by atoms with Gasteiger partial charge in [-0.25, -0.2) is 0 Å². The van der Waals surface area contributed by atoms with Gasteiger partial charge in [0.25, 0.3) is 0 Å². The Morgan fingerprint density at radius 2 is 1.67 bits per heavy atom. The highest BCUT2D eigenvalue weighted by molar-refractivity contribution is 5.89. The zero-order valence-electron chi connectivity index (χ0n) is 19.2. The maximum atomic E-state index is 14.2. The van der Waals surface area contributed by atoms with Crippen LogP contribution in [0.1, 0.15) is 75.8 Å². The molecule has 0 aromatic heterocycles. The van der Waals surface area contributed by atoms with Gasteiger partial charge in [-0.1, -0.05) is 31.2 Å². The number of hydrogen-bond donors (Lipinski definition) is 1. The van der Waals surface area contributed by atoms with Gasteiger partial charge in [-0.15, -0.1) is 0 Å². The number of rotatable bonds is 6. The summed E-state index contributed by atoms with van der Waals surface area (Å²) in [7, 11) is 0. The average Bonchev–Trinajstić information content (AvgIpc) is 2.78. The van der Waals surface area contributed by atoms with Crippen LogP contribution in [0.5, 0.6) is 5.75 Å². The van der Waals surface area contributed by atoms with E-state index in [4.69, 9.17) is 9.84 Å². The van der Waals surface area contributed by atoms with Crippen LogP contribution in [0.2, 0.25) is 0 Å². The molecule has 33 heavy (non-hydrogen) atoms. The van der Waals surface area contributed by atoms with Gasteiger partial charge in [0.2, 0.25) is 0 Å². The summed E-state index contributed by atoms with van der Waals surface area (Å²) in [5, 5.41) is 9.93. The third-order valence-electron chi connectivity index (χ3n) is 7.62. The third kappa shape index (κ3) is 5.82. The molecular formula is C27H33F3O3. The molecule has 0 radical (unpaired) electrons. The molecule has 2 aromatic rings. The Balaban J connectivity index is 1.52. The van der Waals surface area contributed by atoms with Crippen LogP contribution >= 0.6 is 0 Å². The minimum absolute atomic E-state index is 0.0568. The van der Waals surface area contributed by atoms with Crippen molar-refractivity contribution in [2.45, 2.75) is 83.4 Å². The van der Waals surface area contributed by atoms with E-state index in [1.54, 1.807) is 18.2 Å². The van der Waals surface area contributed by atoms with Gasteiger partial charge in [0.15, 0.2) is 0 Å². The van der Waals surface area contributed by atoms with Crippen LogP contribution in [0.4, 0.5) is 13.2 Å². The van der Waals surface area contributed by atoms with Crippen molar-refractivity contribution in [3.8, 4) is 5.75 Å². The van der Waals surface area contributed by atoms with Crippen LogP contribution in [0.25, 0.3) is 10.8 Å². The van der Waals surface area contributed by atoms with Crippen LogP contribution in [0.3, 0.4) is 0 Å². The van der Waals surface area contributed by atoms with Crippen LogP contribution in [0.15, 0.2) is 30.3 Å². The Morgan fingerprint density at radius 1 is 1.00 bits per heavy atom. The first-order valence-corrected chi connectivity index (χ1v) is 12.2. The fourth-order valence-corrected chi connectivity index (χ4v) is 5.49. The van der Waals surface area contributed by atoms with Crippen molar-refractivity contribution in [3.05, 3.63) is 41.5 Å². The molecule has 2 saturated carbocycles. The highest BCUT2D eigenvalue weighted by Crippen LogP contribution is 2.43. The fourth-order valence-electron chi connectivity index (χ4n) is 5.49. The summed E-state index contributed by atoms with van der Waals surface area (Å²) in [5.41, 5.74) is 0.222. The number of alkyl halides is 3. The molecule has 0 aliphatic heterocycles. The van der Waals surface area contributed by atoms with E-state index in [1.165, 1.54) is 6.07 Å². The molecule has 0 unspecified atom stereocenters. The van der Waals surface area contributed by atoms with Gasteiger partial charge in [-0.05, 0) is 98.4 Å². The standard InChI is InChI=1S/C27H33F3O3/c1-17-2-13-22(14-3-17)33-24-15-12-20-9-8-19(16-23(20)25(24)27(28,29)30)5-4-18-6-10-21(11-7-18)26(31)32/h8-9,12,15-18,21-22H,2-7,10-11,13-14H2,1H3,(H,31,32). The van der Waals surface area contributed by atoms with E-state index in [1.807, 2.05) is 6.07 Å². The average molecular weight is 463 g/mol. The van der Waals surface area contributed by atoms with E-state index in [0.717, 1.165) is 50.5 Å². The molecule has 2 aliphatic carbocycles. The highest BCUT2D eigenvalue weighted by Gasteiger charge is 2.37. The lowest BCUT2D eigenvalue weighted by molar-refractivity contribution is -0.143. The first-order chi connectivity index (χ1) is 15.7. The Kier molecular flexibility index (Phi) is 7.20. The first kappa shape index (κ1) is 23.9. The third-order valence-corrected chi connectivity index (χ3v) is 7.62. The minimum Gasteiger partial charge on any atom is -0.490 e. The largest absolute Gasteiger partial charge is 0.490 e. The van der Waals surface area contributed by atoms with Crippen LogP contribution in [-0.2, 0) is 17.4 Å². The summed E-state index contributed by atoms with van der Waals surface area (Å²) in [5.74, 6) is 0.0104. The summed E-state index contributed by atoms with van der Waals surface area (Å²) in [6.45, 7) is 2.17. The van der Waals surface area contributed by atoms with Crippen molar-refractivity contribution in [2.24, 2.45) is 17.8 Å². The van der Waals surface area contributed by atoms with E-state index in [0.29, 0.717) is 36.5 Å². The molecule has 3 nitrogen and oxygen atoms in total. The van der Waals surface area contributed by atoms with Gasteiger partial charge in [0.1, 0.15) is 11.3 Å². The number of carboxylic acids is 1. The molecule has 6 heteroatoms. The van der Waals surface area contributed by atoms with Gasteiger partial charge in [-0.2, -0.15) is 13.2 Å². The fraction of sp³-hybridized carbons (Fsp3) is 0.593. The summed E-state index contributed by atoms with van der Waals surface area (Å²) < 4.78 is 48.5. The van der Waals surface area contributed by atoms with E-state index in [2.05, 4.69) is 6.92 Å². The lowest BCUT2D eigenvalue weighted by Gasteiger charge is -2.28. The molecule has 0 spiro atoms. The number of carbonyl (C=O) groups is 1. The topological polar surface area (TPSA) is 46.5 Å². The molecule has 180 valence electrons. The second kappa shape index (κ2) is 9.94. The maximum absolute atomic E-state index is 14.2. The highest BCUT2D eigenvalue weighted by atomic mass is 19.4. The Morgan fingerprint density at radius 3 is 2.30 bits per heavy atom. The zero-order valence-corrected chi connectivity index (χ0v) is 19.2. The van der Waals surface area contributed by atoms with Crippen molar-refractivity contribution in [3.63, 3.8) is 0 Å². The molecule has 0 heterocycles. The van der Waals surface area contributed by atoms with Crippen LogP contribution < -0.4 is 4.74 Å². The van der Waals surface area contributed by atoms with E-state index in [-0.39, 0.29) is 23.2 Å². The molecule has 0 saturated heterocycles. The van der Waals surface area contributed by atoms with E-state index >= 15 is 0 Å². The number of benzene rings is 2. The molecule has 0 amide bonds. The molecule has 2 aliphatic rings. The maximum Gasteiger partial charge on any atom is 0.420 e. The van der Waals surface area contributed by atoms with Gasteiger partial charge in [-0.3, -0.25) is 4.79 Å². The second-order valence-electron chi connectivity index (χ2n) is 10.1. The lowest BCUT2D eigenvalue weighted by Crippen LogP contribution is -2.24. The van der Waals surface area contributed by atoms with Crippen molar-refractivity contribution in [1.82, 2.24) is 0 Å². The monoisotopic (exact) mass is 462 g/mol. The molecular weight excluding hydrogens is 429 g/mol.